The largest absolute Gasteiger partial charge is 0.493 e. The number of aryl methyl sites for hydroxylation is 1. The van der Waals surface area contributed by atoms with E-state index >= 15 is 0 Å². The standard InChI is InChI=1S/C20H26N2O5/c1-12-10-27-11-13(2)22(12)19(23)6-5-14-7-15-8-17(25-3)18(26-4)9-16(15)21-20(14)24/h7-9,12-13H,5-6,10-11H2,1-4H3,(H,21,24). The lowest BCUT2D eigenvalue weighted by molar-refractivity contribution is -0.144. The number of carbonyl (C=O) groups is 1. The van der Waals surface area contributed by atoms with Gasteiger partial charge in [-0.15, -0.1) is 0 Å². The van der Waals surface area contributed by atoms with E-state index in [0.29, 0.717) is 42.2 Å². The van der Waals surface area contributed by atoms with Crippen molar-refractivity contribution in [3.05, 3.63) is 34.1 Å². The van der Waals surface area contributed by atoms with Gasteiger partial charge in [0.15, 0.2) is 11.5 Å². The minimum atomic E-state index is -0.189. The highest BCUT2D eigenvalue weighted by molar-refractivity contribution is 5.83. The summed E-state index contributed by atoms with van der Waals surface area (Å²) in [5.41, 5.74) is 1.06. The molecule has 1 fully saturated rings. The number of hydrogen-bond donors (Lipinski definition) is 1. The molecule has 27 heavy (non-hydrogen) atoms. The number of benzene rings is 1. The molecule has 2 unspecified atom stereocenters. The molecule has 2 aromatic rings. The molecule has 3 rings (SSSR count). The Hall–Kier alpha value is -2.54. The number of ether oxygens (including phenoxy) is 3. The Morgan fingerprint density at radius 1 is 1.15 bits per heavy atom. The third kappa shape index (κ3) is 3.93. The summed E-state index contributed by atoms with van der Waals surface area (Å²) in [6, 6.07) is 5.47. The minimum absolute atomic E-state index is 0.0464. The van der Waals surface area contributed by atoms with Crippen LogP contribution in [0, 0.1) is 0 Å². The lowest BCUT2D eigenvalue weighted by Gasteiger charge is -2.38. The zero-order chi connectivity index (χ0) is 19.6. The number of methoxy groups -OCH3 is 2. The Morgan fingerprint density at radius 2 is 1.78 bits per heavy atom. The molecule has 0 bridgehead atoms. The van der Waals surface area contributed by atoms with E-state index in [-0.39, 0.29) is 30.0 Å². The van der Waals surface area contributed by atoms with E-state index in [0.717, 1.165) is 5.39 Å². The zero-order valence-corrected chi connectivity index (χ0v) is 16.2. The van der Waals surface area contributed by atoms with Gasteiger partial charge in [-0.05, 0) is 32.4 Å². The fraction of sp³-hybridized carbons (Fsp3) is 0.500. The monoisotopic (exact) mass is 374 g/mol. The van der Waals surface area contributed by atoms with Crippen LogP contribution in [0.15, 0.2) is 23.0 Å². The van der Waals surface area contributed by atoms with Crippen LogP contribution in [-0.2, 0) is 16.0 Å². The number of morpholine rings is 1. The van der Waals surface area contributed by atoms with Crippen LogP contribution in [0.1, 0.15) is 25.8 Å². The molecule has 2 atom stereocenters. The van der Waals surface area contributed by atoms with Crippen molar-refractivity contribution in [1.82, 2.24) is 9.88 Å². The summed E-state index contributed by atoms with van der Waals surface area (Å²) in [5, 5.41) is 0.836. The highest BCUT2D eigenvalue weighted by Gasteiger charge is 2.29. The highest BCUT2D eigenvalue weighted by Crippen LogP contribution is 2.31. The molecule has 1 amide bonds. The number of aromatic amines is 1. The quantitative estimate of drug-likeness (QED) is 0.867. The third-order valence-corrected chi connectivity index (χ3v) is 4.99. The summed E-state index contributed by atoms with van der Waals surface area (Å²) < 4.78 is 16.1. The molecule has 0 aliphatic carbocycles. The second kappa shape index (κ2) is 8.00. The van der Waals surface area contributed by atoms with Crippen LogP contribution in [0.25, 0.3) is 10.9 Å². The van der Waals surface area contributed by atoms with Crippen molar-refractivity contribution in [2.24, 2.45) is 0 Å². The second-order valence-corrected chi connectivity index (χ2v) is 6.95. The highest BCUT2D eigenvalue weighted by atomic mass is 16.5. The Morgan fingerprint density at radius 3 is 2.41 bits per heavy atom. The SMILES string of the molecule is COc1cc2cc(CCC(=O)N3C(C)COCC3C)c(=O)[nH]c2cc1OC. The number of nitrogens with one attached hydrogen (secondary N) is 1. The van der Waals surface area contributed by atoms with Gasteiger partial charge in [-0.3, -0.25) is 9.59 Å². The van der Waals surface area contributed by atoms with Gasteiger partial charge < -0.3 is 24.1 Å². The maximum Gasteiger partial charge on any atom is 0.251 e. The van der Waals surface area contributed by atoms with E-state index in [4.69, 9.17) is 14.2 Å². The molecular formula is C20H26N2O5. The Labute approximate surface area is 158 Å². The van der Waals surface area contributed by atoms with Crippen molar-refractivity contribution in [2.45, 2.75) is 38.8 Å². The van der Waals surface area contributed by atoms with Crippen molar-refractivity contribution in [2.75, 3.05) is 27.4 Å². The first-order valence-electron chi connectivity index (χ1n) is 9.11. The number of rotatable bonds is 5. The van der Waals surface area contributed by atoms with Gasteiger partial charge in [-0.1, -0.05) is 0 Å². The van der Waals surface area contributed by atoms with Crippen LogP contribution in [-0.4, -0.2) is 55.3 Å². The van der Waals surface area contributed by atoms with Crippen molar-refractivity contribution < 1.29 is 19.0 Å². The Bertz CT molecular complexity index is 882. The molecule has 7 heteroatoms. The molecule has 1 aromatic heterocycles. The van der Waals surface area contributed by atoms with E-state index in [1.807, 2.05) is 30.9 Å². The van der Waals surface area contributed by atoms with Crippen LogP contribution < -0.4 is 15.0 Å². The first kappa shape index (κ1) is 19.2. The average Bonchev–Trinajstić information content (AvgIpc) is 2.65. The lowest BCUT2D eigenvalue weighted by atomic mass is 10.1. The molecule has 1 aliphatic rings. The predicted molar refractivity (Wildman–Crippen MR) is 103 cm³/mol. The molecule has 0 saturated carbocycles. The molecular weight excluding hydrogens is 348 g/mol. The van der Waals surface area contributed by atoms with Crippen LogP contribution in [0.2, 0.25) is 0 Å². The van der Waals surface area contributed by atoms with Crippen molar-refractivity contribution in [3.8, 4) is 11.5 Å². The van der Waals surface area contributed by atoms with Crippen LogP contribution in [0.4, 0.5) is 0 Å². The Kier molecular flexibility index (Phi) is 5.70. The number of amides is 1. The molecule has 2 heterocycles. The maximum atomic E-state index is 12.7. The zero-order valence-electron chi connectivity index (χ0n) is 16.2. The van der Waals surface area contributed by atoms with Crippen molar-refractivity contribution in [1.29, 1.82) is 0 Å². The van der Waals surface area contributed by atoms with Crippen molar-refractivity contribution in [3.63, 3.8) is 0 Å². The average molecular weight is 374 g/mol. The molecule has 1 N–H and O–H groups in total. The summed E-state index contributed by atoms with van der Waals surface area (Å²) in [7, 11) is 3.12. The van der Waals surface area contributed by atoms with E-state index in [1.54, 1.807) is 20.3 Å². The lowest BCUT2D eigenvalue weighted by Crippen LogP contribution is -2.52. The van der Waals surface area contributed by atoms with Crippen LogP contribution >= 0.6 is 0 Å². The first-order valence-corrected chi connectivity index (χ1v) is 9.11. The fourth-order valence-electron chi connectivity index (χ4n) is 3.63. The summed E-state index contributed by atoms with van der Waals surface area (Å²) in [6.07, 6.45) is 0.672. The van der Waals surface area contributed by atoms with Gasteiger partial charge in [0.25, 0.3) is 5.56 Å². The normalized spacial score (nSPS) is 19.9. The number of hydrogen-bond acceptors (Lipinski definition) is 5. The van der Waals surface area contributed by atoms with E-state index in [2.05, 4.69) is 4.98 Å². The molecule has 0 spiro atoms. The summed E-state index contributed by atoms with van der Waals surface area (Å²) in [4.78, 5) is 29.8. The second-order valence-electron chi connectivity index (χ2n) is 6.95. The number of aromatic nitrogens is 1. The van der Waals surface area contributed by atoms with E-state index in [1.165, 1.54) is 0 Å². The van der Waals surface area contributed by atoms with Gasteiger partial charge in [-0.2, -0.15) is 0 Å². The van der Waals surface area contributed by atoms with E-state index < -0.39 is 0 Å². The molecule has 1 aromatic carbocycles. The van der Waals surface area contributed by atoms with Crippen LogP contribution in [0.3, 0.4) is 0 Å². The molecule has 146 valence electrons. The molecule has 1 aliphatic heterocycles. The summed E-state index contributed by atoms with van der Waals surface area (Å²) in [6.45, 7) is 5.06. The Balaban J connectivity index is 1.81. The molecule has 7 nitrogen and oxygen atoms in total. The van der Waals surface area contributed by atoms with Gasteiger partial charge in [0.05, 0.1) is 45.0 Å². The van der Waals surface area contributed by atoms with Gasteiger partial charge in [0.1, 0.15) is 0 Å². The topological polar surface area (TPSA) is 80.9 Å². The number of fused-ring (bicyclic) bond motifs is 1. The molecule has 1 saturated heterocycles. The third-order valence-electron chi connectivity index (χ3n) is 4.99. The minimum Gasteiger partial charge on any atom is -0.493 e. The molecule has 0 radical (unpaired) electrons. The number of pyridine rings is 1. The fourth-order valence-corrected chi connectivity index (χ4v) is 3.63. The summed E-state index contributed by atoms with van der Waals surface area (Å²) in [5.74, 6) is 1.19. The van der Waals surface area contributed by atoms with Crippen molar-refractivity contribution >= 4 is 16.8 Å². The van der Waals surface area contributed by atoms with Gasteiger partial charge in [0.2, 0.25) is 5.91 Å². The van der Waals surface area contributed by atoms with Crippen LogP contribution in [0.5, 0.6) is 11.5 Å². The maximum absolute atomic E-state index is 12.7. The predicted octanol–water partition coefficient (Wildman–Crippen LogP) is 2.11. The number of carbonyl (C=O) groups excluding carboxylic acids is 1. The van der Waals surface area contributed by atoms with E-state index in [9.17, 15) is 9.59 Å². The van der Waals surface area contributed by atoms with Gasteiger partial charge >= 0.3 is 0 Å². The van der Waals surface area contributed by atoms with Gasteiger partial charge in [-0.25, -0.2) is 0 Å². The first-order chi connectivity index (χ1) is 12.9. The number of nitrogens with zero attached hydrogens (tertiary/aromatic N) is 1. The smallest absolute Gasteiger partial charge is 0.251 e. The van der Waals surface area contributed by atoms with Gasteiger partial charge in [0, 0.05) is 23.4 Å². The number of H-pyrrole nitrogens is 1. The summed E-state index contributed by atoms with van der Waals surface area (Å²) >= 11 is 0.